The highest BCUT2D eigenvalue weighted by Crippen LogP contribution is 2.27. The minimum Gasteiger partial charge on any atom is -0.393 e. The number of hydrogen-bond acceptors (Lipinski definition) is 3. The molecule has 13 heavy (non-hydrogen) atoms. The molecule has 3 heteroatoms. The molecule has 1 aliphatic rings. The zero-order valence-corrected chi connectivity index (χ0v) is 8.61. The lowest BCUT2D eigenvalue weighted by atomic mass is 9.82. The van der Waals surface area contributed by atoms with E-state index in [0.29, 0.717) is 5.92 Å². The minimum atomic E-state index is -0.199. The van der Waals surface area contributed by atoms with Crippen molar-refractivity contribution in [1.29, 1.82) is 0 Å². The number of likely N-dealkylation sites (N-methyl/N-ethyl adjacent to an activating group) is 1. The van der Waals surface area contributed by atoms with Gasteiger partial charge in [0.05, 0.1) is 12.2 Å². The smallest absolute Gasteiger partial charge is 0.0664 e. The van der Waals surface area contributed by atoms with Gasteiger partial charge in [-0.3, -0.25) is 0 Å². The van der Waals surface area contributed by atoms with Crippen LogP contribution in [0.3, 0.4) is 0 Å². The second-order valence-corrected chi connectivity index (χ2v) is 4.27. The Hall–Kier alpha value is -0.120. The van der Waals surface area contributed by atoms with Crippen molar-refractivity contribution in [3.05, 3.63) is 0 Å². The molecule has 2 N–H and O–H groups in total. The second kappa shape index (κ2) is 4.94. The normalized spacial score (nSPS) is 30.2. The summed E-state index contributed by atoms with van der Waals surface area (Å²) in [6.45, 7) is 3.75. The van der Waals surface area contributed by atoms with Crippen LogP contribution in [0.1, 0.15) is 26.2 Å². The van der Waals surface area contributed by atoms with Gasteiger partial charge in [-0.25, -0.2) is 0 Å². The molecule has 0 aromatic rings. The van der Waals surface area contributed by atoms with Crippen LogP contribution in [0, 0.1) is 5.92 Å². The van der Waals surface area contributed by atoms with Crippen molar-refractivity contribution in [2.45, 2.75) is 38.4 Å². The molecule has 1 atom stereocenters. The van der Waals surface area contributed by atoms with Gasteiger partial charge in [0.2, 0.25) is 0 Å². The molecule has 1 fully saturated rings. The van der Waals surface area contributed by atoms with Gasteiger partial charge in [0.1, 0.15) is 0 Å². The summed E-state index contributed by atoms with van der Waals surface area (Å²) in [6, 6.07) is 0. The van der Waals surface area contributed by atoms with Gasteiger partial charge >= 0.3 is 0 Å². The Kier molecular flexibility index (Phi) is 4.16. The fraction of sp³-hybridized carbons (Fsp3) is 1.00. The van der Waals surface area contributed by atoms with Crippen molar-refractivity contribution < 1.29 is 10.2 Å². The predicted octanol–water partition coefficient (Wildman–Crippen LogP) is 0.460. The van der Waals surface area contributed by atoms with Crippen molar-refractivity contribution >= 4 is 0 Å². The monoisotopic (exact) mass is 187 g/mol. The van der Waals surface area contributed by atoms with E-state index in [0.717, 1.165) is 32.4 Å². The topological polar surface area (TPSA) is 43.7 Å². The second-order valence-electron chi connectivity index (χ2n) is 4.27. The molecular weight excluding hydrogens is 166 g/mol. The van der Waals surface area contributed by atoms with Gasteiger partial charge in [-0.15, -0.1) is 0 Å². The molecule has 0 radical (unpaired) electrons. The van der Waals surface area contributed by atoms with Crippen molar-refractivity contribution in [1.82, 2.24) is 4.90 Å². The Morgan fingerprint density at radius 2 is 2.08 bits per heavy atom. The number of hydrogen-bond donors (Lipinski definition) is 2. The fourth-order valence-electron chi connectivity index (χ4n) is 1.85. The average molecular weight is 187 g/mol. The maximum absolute atomic E-state index is 9.39. The van der Waals surface area contributed by atoms with E-state index in [4.69, 9.17) is 5.11 Å². The Balaban J connectivity index is 2.07. The highest BCUT2D eigenvalue weighted by atomic mass is 16.3. The third-order valence-electron chi connectivity index (χ3n) is 2.77. The molecule has 1 aliphatic carbocycles. The zero-order valence-electron chi connectivity index (χ0n) is 8.61. The largest absolute Gasteiger partial charge is 0.393 e. The Morgan fingerprint density at radius 1 is 1.46 bits per heavy atom. The van der Waals surface area contributed by atoms with Gasteiger partial charge in [-0.2, -0.15) is 0 Å². The van der Waals surface area contributed by atoms with Crippen LogP contribution in [-0.4, -0.2) is 47.5 Å². The van der Waals surface area contributed by atoms with E-state index in [1.807, 2.05) is 14.0 Å². The summed E-state index contributed by atoms with van der Waals surface area (Å²) >= 11 is 0. The molecule has 0 amide bonds. The predicted molar refractivity (Wildman–Crippen MR) is 52.5 cm³/mol. The molecule has 0 aromatic carbocycles. The van der Waals surface area contributed by atoms with Crippen LogP contribution < -0.4 is 0 Å². The maximum Gasteiger partial charge on any atom is 0.0664 e. The SMILES string of the molecule is CCC(O)CN(C)CC1CC(O)C1. The molecular formula is C10H21NO2. The van der Waals surface area contributed by atoms with E-state index in [-0.39, 0.29) is 12.2 Å². The van der Waals surface area contributed by atoms with Crippen molar-refractivity contribution in [3.8, 4) is 0 Å². The number of rotatable bonds is 5. The molecule has 78 valence electrons. The maximum atomic E-state index is 9.39. The summed E-state index contributed by atoms with van der Waals surface area (Å²) in [5, 5.41) is 18.5. The summed E-state index contributed by atoms with van der Waals surface area (Å²) in [6.07, 6.45) is 2.43. The quantitative estimate of drug-likeness (QED) is 0.657. The lowest BCUT2D eigenvalue weighted by molar-refractivity contribution is 0.0209. The Labute approximate surface area is 80.4 Å². The lowest BCUT2D eigenvalue weighted by Gasteiger charge is -2.34. The first-order valence-corrected chi connectivity index (χ1v) is 5.16. The van der Waals surface area contributed by atoms with Crippen molar-refractivity contribution in [2.24, 2.45) is 5.92 Å². The van der Waals surface area contributed by atoms with Crippen LogP contribution >= 0.6 is 0 Å². The first kappa shape index (κ1) is 11.0. The van der Waals surface area contributed by atoms with E-state index < -0.39 is 0 Å². The molecule has 0 saturated heterocycles. The van der Waals surface area contributed by atoms with E-state index >= 15 is 0 Å². The first-order valence-electron chi connectivity index (χ1n) is 5.16. The highest BCUT2D eigenvalue weighted by Gasteiger charge is 2.27. The molecule has 0 aliphatic heterocycles. The number of nitrogens with zero attached hydrogens (tertiary/aromatic N) is 1. The van der Waals surface area contributed by atoms with Crippen molar-refractivity contribution in [3.63, 3.8) is 0 Å². The standard InChI is InChI=1S/C10H21NO2/c1-3-9(12)7-11(2)6-8-4-10(13)5-8/h8-10,12-13H,3-7H2,1-2H3. The van der Waals surface area contributed by atoms with Crippen molar-refractivity contribution in [2.75, 3.05) is 20.1 Å². The van der Waals surface area contributed by atoms with Gasteiger partial charge in [0, 0.05) is 13.1 Å². The van der Waals surface area contributed by atoms with Crippen LogP contribution in [0.4, 0.5) is 0 Å². The first-order chi connectivity index (χ1) is 6.11. The van der Waals surface area contributed by atoms with E-state index in [2.05, 4.69) is 4.90 Å². The van der Waals surface area contributed by atoms with Gasteiger partial charge < -0.3 is 15.1 Å². The molecule has 1 saturated carbocycles. The molecule has 0 bridgehead atoms. The van der Waals surface area contributed by atoms with Gasteiger partial charge in [0.25, 0.3) is 0 Å². The molecule has 0 heterocycles. The summed E-state index contributed by atoms with van der Waals surface area (Å²) in [5.41, 5.74) is 0. The van der Waals surface area contributed by atoms with Gasteiger partial charge in [-0.1, -0.05) is 6.92 Å². The Bertz CT molecular complexity index is 146. The van der Waals surface area contributed by atoms with Crippen LogP contribution in [0.5, 0.6) is 0 Å². The summed E-state index contributed by atoms with van der Waals surface area (Å²) in [4.78, 5) is 2.16. The summed E-state index contributed by atoms with van der Waals surface area (Å²) in [5.74, 6) is 0.643. The third kappa shape index (κ3) is 3.63. The molecule has 1 rings (SSSR count). The van der Waals surface area contributed by atoms with Crippen LogP contribution in [-0.2, 0) is 0 Å². The molecule has 0 aromatic heterocycles. The average Bonchev–Trinajstić information content (AvgIpc) is 2.01. The molecule has 0 spiro atoms. The lowest BCUT2D eigenvalue weighted by Crippen LogP contribution is -2.39. The zero-order chi connectivity index (χ0) is 9.84. The van der Waals surface area contributed by atoms with E-state index in [9.17, 15) is 5.11 Å². The van der Waals surface area contributed by atoms with E-state index in [1.54, 1.807) is 0 Å². The molecule has 1 unspecified atom stereocenters. The molecule has 3 nitrogen and oxygen atoms in total. The summed E-state index contributed by atoms with van der Waals surface area (Å²) < 4.78 is 0. The third-order valence-corrected chi connectivity index (χ3v) is 2.77. The summed E-state index contributed by atoms with van der Waals surface area (Å²) in [7, 11) is 2.03. The number of aliphatic hydroxyl groups is 2. The van der Waals surface area contributed by atoms with Crippen LogP contribution in [0.25, 0.3) is 0 Å². The van der Waals surface area contributed by atoms with Crippen LogP contribution in [0.15, 0.2) is 0 Å². The van der Waals surface area contributed by atoms with Gasteiger partial charge in [-0.05, 0) is 32.2 Å². The Morgan fingerprint density at radius 3 is 2.54 bits per heavy atom. The number of aliphatic hydroxyl groups excluding tert-OH is 2. The van der Waals surface area contributed by atoms with Crippen LogP contribution in [0.2, 0.25) is 0 Å². The van der Waals surface area contributed by atoms with E-state index in [1.165, 1.54) is 0 Å². The van der Waals surface area contributed by atoms with Gasteiger partial charge in [0.15, 0.2) is 0 Å². The highest BCUT2D eigenvalue weighted by molar-refractivity contribution is 4.80. The fourth-order valence-corrected chi connectivity index (χ4v) is 1.85. The minimum absolute atomic E-state index is 0.0606.